The second-order valence-electron chi connectivity index (χ2n) is 2.65. The SMILES string of the molecule is CCN(CC)C(C#N)CCSC. The van der Waals surface area contributed by atoms with E-state index in [4.69, 9.17) is 5.26 Å². The minimum Gasteiger partial charge on any atom is -0.289 e. The number of nitriles is 1. The Hall–Kier alpha value is -0.200. The van der Waals surface area contributed by atoms with Crippen LogP contribution in [0.4, 0.5) is 0 Å². The third-order valence-corrected chi connectivity index (χ3v) is 2.64. The van der Waals surface area contributed by atoms with Gasteiger partial charge in [0.2, 0.25) is 0 Å². The van der Waals surface area contributed by atoms with Crippen LogP contribution in [0.25, 0.3) is 0 Å². The highest BCUT2D eigenvalue weighted by atomic mass is 32.2. The predicted octanol–water partition coefficient (Wildman–Crippen LogP) is 1.97. The zero-order chi connectivity index (χ0) is 9.40. The molecule has 0 aromatic carbocycles. The maximum atomic E-state index is 8.88. The molecule has 0 N–H and O–H groups in total. The van der Waals surface area contributed by atoms with Crippen molar-refractivity contribution in [2.45, 2.75) is 26.3 Å². The fourth-order valence-corrected chi connectivity index (χ4v) is 1.68. The molecule has 0 aromatic rings. The van der Waals surface area contributed by atoms with Crippen molar-refractivity contribution >= 4 is 11.8 Å². The molecule has 0 saturated heterocycles. The van der Waals surface area contributed by atoms with Crippen LogP contribution in [0.2, 0.25) is 0 Å². The third kappa shape index (κ3) is 3.99. The van der Waals surface area contributed by atoms with E-state index in [0.29, 0.717) is 0 Å². The Balaban J connectivity index is 3.86. The first kappa shape index (κ1) is 11.8. The van der Waals surface area contributed by atoms with Crippen molar-refractivity contribution < 1.29 is 0 Å². The molecule has 1 atom stereocenters. The average Bonchev–Trinajstić information content (AvgIpc) is 2.12. The molecule has 0 heterocycles. The Kier molecular flexibility index (Phi) is 7.33. The van der Waals surface area contributed by atoms with Crippen LogP contribution in [0, 0.1) is 11.3 Å². The second kappa shape index (κ2) is 7.45. The predicted molar refractivity (Wildman–Crippen MR) is 55.3 cm³/mol. The van der Waals surface area contributed by atoms with E-state index in [1.165, 1.54) is 0 Å². The molecular formula is C9H18N2S. The lowest BCUT2D eigenvalue weighted by Crippen LogP contribution is -2.34. The molecule has 1 unspecified atom stereocenters. The molecule has 0 aliphatic carbocycles. The Labute approximate surface area is 79.9 Å². The molecule has 0 amide bonds. The molecule has 0 bridgehead atoms. The highest BCUT2D eigenvalue weighted by Gasteiger charge is 2.13. The Morgan fingerprint density at radius 1 is 1.42 bits per heavy atom. The highest BCUT2D eigenvalue weighted by molar-refractivity contribution is 7.98. The van der Waals surface area contributed by atoms with Crippen molar-refractivity contribution in [3.63, 3.8) is 0 Å². The van der Waals surface area contributed by atoms with Gasteiger partial charge in [0.1, 0.15) is 0 Å². The first-order valence-electron chi connectivity index (χ1n) is 4.42. The maximum absolute atomic E-state index is 8.88. The normalized spacial score (nSPS) is 12.9. The van der Waals surface area contributed by atoms with Crippen molar-refractivity contribution in [1.82, 2.24) is 4.90 Å². The molecule has 0 spiro atoms. The van der Waals surface area contributed by atoms with Gasteiger partial charge < -0.3 is 0 Å². The van der Waals surface area contributed by atoms with Gasteiger partial charge in [-0.05, 0) is 31.5 Å². The van der Waals surface area contributed by atoms with E-state index < -0.39 is 0 Å². The zero-order valence-corrected chi connectivity index (χ0v) is 9.02. The van der Waals surface area contributed by atoms with Crippen molar-refractivity contribution in [3.05, 3.63) is 0 Å². The van der Waals surface area contributed by atoms with Crippen LogP contribution in [-0.4, -0.2) is 36.0 Å². The second-order valence-corrected chi connectivity index (χ2v) is 3.63. The van der Waals surface area contributed by atoms with Gasteiger partial charge in [-0.1, -0.05) is 13.8 Å². The third-order valence-electron chi connectivity index (χ3n) is 2.00. The van der Waals surface area contributed by atoms with E-state index >= 15 is 0 Å². The molecule has 0 rings (SSSR count). The van der Waals surface area contributed by atoms with Crippen molar-refractivity contribution in [2.75, 3.05) is 25.1 Å². The maximum Gasteiger partial charge on any atom is 0.0985 e. The minimum atomic E-state index is 0.118. The van der Waals surface area contributed by atoms with Gasteiger partial charge in [0, 0.05) is 0 Å². The van der Waals surface area contributed by atoms with E-state index in [1.54, 1.807) is 11.8 Å². The topological polar surface area (TPSA) is 27.0 Å². The summed E-state index contributed by atoms with van der Waals surface area (Å²) in [6, 6.07) is 2.47. The molecule has 0 fully saturated rings. The highest BCUT2D eigenvalue weighted by Crippen LogP contribution is 2.06. The monoisotopic (exact) mass is 186 g/mol. The van der Waals surface area contributed by atoms with E-state index in [1.807, 2.05) is 0 Å². The average molecular weight is 186 g/mol. The summed E-state index contributed by atoms with van der Waals surface area (Å²) in [4.78, 5) is 2.20. The molecular weight excluding hydrogens is 168 g/mol. The van der Waals surface area contributed by atoms with Gasteiger partial charge in [0.15, 0.2) is 0 Å². The van der Waals surface area contributed by atoms with Crippen LogP contribution in [0.1, 0.15) is 20.3 Å². The van der Waals surface area contributed by atoms with E-state index in [2.05, 4.69) is 31.1 Å². The van der Waals surface area contributed by atoms with Crippen molar-refractivity contribution in [1.29, 1.82) is 5.26 Å². The lowest BCUT2D eigenvalue weighted by molar-refractivity contribution is 0.255. The minimum absolute atomic E-state index is 0.118. The number of hydrogen-bond acceptors (Lipinski definition) is 3. The van der Waals surface area contributed by atoms with Gasteiger partial charge in [-0.25, -0.2) is 0 Å². The van der Waals surface area contributed by atoms with Gasteiger partial charge >= 0.3 is 0 Å². The van der Waals surface area contributed by atoms with E-state index in [-0.39, 0.29) is 6.04 Å². The Morgan fingerprint density at radius 3 is 2.33 bits per heavy atom. The van der Waals surface area contributed by atoms with E-state index in [0.717, 1.165) is 25.3 Å². The first-order valence-corrected chi connectivity index (χ1v) is 5.82. The molecule has 70 valence electrons. The quantitative estimate of drug-likeness (QED) is 0.634. The summed E-state index contributed by atoms with van der Waals surface area (Å²) < 4.78 is 0. The van der Waals surface area contributed by atoms with Gasteiger partial charge in [-0.2, -0.15) is 17.0 Å². The fourth-order valence-electron chi connectivity index (χ4n) is 1.22. The smallest absolute Gasteiger partial charge is 0.0985 e. The number of nitrogens with zero attached hydrogens (tertiary/aromatic N) is 2. The van der Waals surface area contributed by atoms with Gasteiger partial charge in [-0.3, -0.25) is 4.90 Å². The van der Waals surface area contributed by atoms with Gasteiger partial charge in [-0.15, -0.1) is 0 Å². The zero-order valence-electron chi connectivity index (χ0n) is 8.21. The van der Waals surface area contributed by atoms with Crippen LogP contribution in [0.5, 0.6) is 0 Å². The standard InChI is InChI=1S/C9H18N2S/c1-4-11(5-2)9(8-10)6-7-12-3/h9H,4-7H2,1-3H3. The fraction of sp³-hybridized carbons (Fsp3) is 0.889. The number of thioether (sulfide) groups is 1. The van der Waals surface area contributed by atoms with Crippen molar-refractivity contribution in [2.24, 2.45) is 0 Å². The summed E-state index contributed by atoms with van der Waals surface area (Å²) in [5.74, 6) is 1.08. The molecule has 0 radical (unpaired) electrons. The molecule has 0 aliphatic heterocycles. The summed E-state index contributed by atoms with van der Waals surface area (Å²) in [5.41, 5.74) is 0. The largest absolute Gasteiger partial charge is 0.289 e. The number of rotatable bonds is 6. The lowest BCUT2D eigenvalue weighted by atomic mass is 10.2. The first-order chi connectivity index (χ1) is 5.79. The van der Waals surface area contributed by atoms with Crippen LogP contribution in [-0.2, 0) is 0 Å². The van der Waals surface area contributed by atoms with Crippen molar-refractivity contribution in [3.8, 4) is 6.07 Å². The Morgan fingerprint density at radius 2 is 2.00 bits per heavy atom. The molecule has 3 heteroatoms. The lowest BCUT2D eigenvalue weighted by Gasteiger charge is -2.23. The summed E-state index contributed by atoms with van der Waals surface area (Å²) in [6.45, 7) is 6.16. The molecule has 2 nitrogen and oxygen atoms in total. The number of hydrogen-bond donors (Lipinski definition) is 0. The molecule has 0 aromatic heterocycles. The van der Waals surface area contributed by atoms with Crippen LogP contribution < -0.4 is 0 Å². The summed E-state index contributed by atoms with van der Waals surface area (Å²) in [7, 11) is 0. The molecule has 0 saturated carbocycles. The van der Waals surface area contributed by atoms with E-state index in [9.17, 15) is 0 Å². The van der Waals surface area contributed by atoms with Crippen LogP contribution in [0.3, 0.4) is 0 Å². The Bertz CT molecular complexity index is 138. The summed E-state index contributed by atoms with van der Waals surface area (Å²) >= 11 is 1.81. The van der Waals surface area contributed by atoms with Crippen LogP contribution in [0.15, 0.2) is 0 Å². The summed E-state index contributed by atoms with van der Waals surface area (Å²) in [5, 5.41) is 8.88. The summed E-state index contributed by atoms with van der Waals surface area (Å²) in [6.07, 6.45) is 3.07. The van der Waals surface area contributed by atoms with Gasteiger partial charge in [0.25, 0.3) is 0 Å². The van der Waals surface area contributed by atoms with Gasteiger partial charge in [0.05, 0.1) is 12.1 Å². The molecule has 0 aliphatic rings. The molecule has 12 heavy (non-hydrogen) atoms. The van der Waals surface area contributed by atoms with Crippen LogP contribution >= 0.6 is 11.8 Å².